The second-order valence-corrected chi connectivity index (χ2v) is 7.44. The molecule has 0 spiro atoms. The van der Waals surface area contributed by atoms with Crippen LogP contribution in [0.3, 0.4) is 0 Å². The van der Waals surface area contributed by atoms with E-state index in [4.69, 9.17) is 9.15 Å². The van der Waals surface area contributed by atoms with E-state index in [2.05, 4.69) is 0 Å². The molecule has 1 unspecified atom stereocenters. The van der Waals surface area contributed by atoms with Gasteiger partial charge in [-0.3, -0.25) is 4.79 Å². The number of fused-ring (bicyclic) bond motifs is 1. The molecule has 5 atom stereocenters. The number of phenols is 3. The largest absolute Gasteiger partial charge is 0.508 e. The molecule has 1 saturated heterocycles. The number of benzene rings is 2. The molecule has 0 bridgehead atoms. The fraction of sp³-hybridized carbons (Fsp3) is 0.286. The average molecular weight is 448 g/mol. The van der Waals surface area contributed by atoms with Crippen LogP contribution in [0.25, 0.3) is 22.3 Å². The summed E-state index contributed by atoms with van der Waals surface area (Å²) in [5.74, 6) is -2.75. The lowest BCUT2D eigenvalue weighted by molar-refractivity contribution is -0.232. The first-order valence-electron chi connectivity index (χ1n) is 9.50. The molecule has 0 amide bonds. The standard InChI is InChI=1S/C21H20O11/c22-6-11-14(25)17(28)19(30)21(32-11)12-9(24)5-10-13(15(12)26)16(27)18(29)20(31-10)7-1-3-8(23)4-2-7/h1-5,11,14,17,19,21-26,28-30H,6H2/t11-,14-,17+,19-,21?/m1/s1. The van der Waals surface area contributed by atoms with Crippen LogP contribution in [0, 0.1) is 0 Å². The van der Waals surface area contributed by atoms with E-state index in [1.54, 1.807) is 0 Å². The molecule has 3 aromatic rings. The molecular formula is C21H20O11. The molecule has 4 rings (SSSR count). The van der Waals surface area contributed by atoms with Gasteiger partial charge in [-0.1, -0.05) is 0 Å². The van der Waals surface area contributed by atoms with E-state index in [1.165, 1.54) is 24.3 Å². The zero-order chi connectivity index (χ0) is 23.3. The summed E-state index contributed by atoms with van der Waals surface area (Å²) in [6.07, 6.45) is -8.25. The normalized spacial score (nSPS) is 25.8. The minimum absolute atomic E-state index is 0.0594. The second-order valence-electron chi connectivity index (χ2n) is 7.44. The molecule has 11 heteroatoms. The van der Waals surface area contributed by atoms with Crippen molar-refractivity contribution in [2.45, 2.75) is 30.5 Å². The van der Waals surface area contributed by atoms with Crippen LogP contribution in [0.2, 0.25) is 0 Å². The van der Waals surface area contributed by atoms with Gasteiger partial charge in [-0.2, -0.15) is 0 Å². The fourth-order valence-corrected chi connectivity index (χ4v) is 3.76. The van der Waals surface area contributed by atoms with Crippen molar-refractivity contribution in [3.05, 3.63) is 46.1 Å². The Hall–Kier alpha value is -3.35. The van der Waals surface area contributed by atoms with Crippen molar-refractivity contribution in [2.24, 2.45) is 0 Å². The number of aliphatic hydroxyl groups excluding tert-OH is 4. The van der Waals surface area contributed by atoms with E-state index >= 15 is 0 Å². The minimum atomic E-state index is -1.83. The van der Waals surface area contributed by atoms with Crippen molar-refractivity contribution < 1.29 is 50.0 Å². The summed E-state index contributed by atoms with van der Waals surface area (Å²) in [6, 6.07) is 6.31. The van der Waals surface area contributed by atoms with Crippen LogP contribution in [0.15, 0.2) is 39.5 Å². The highest BCUT2D eigenvalue weighted by Crippen LogP contribution is 2.45. The summed E-state index contributed by atoms with van der Waals surface area (Å²) < 4.78 is 10.9. The molecule has 2 aromatic carbocycles. The zero-order valence-corrected chi connectivity index (χ0v) is 16.3. The third-order valence-electron chi connectivity index (χ3n) is 5.46. The molecule has 1 aliphatic rings. The second kappa shape index (κ2) is 7.97. The van der Waals surface area contributed by atoms with Crippen LogP contribution >= 0.6 is 0 Å². The van der Waals surface area contributed by atoms with E-state index in [0.717, 1.165) is 6.07 Å². The van der Waals surface area contributed by atoms with Crippen molar-refractivity contribution in [3.8, 4) is 34.3 Å². The summed E-state index contributed by atoms with van der Waals surface area (Å²) in [4.78, 5) is 12.8. The van der Waals surface area contributed by atoms with Gasteiger partial charge >= 0.3 is 0 Å². The molecule has 11 nitrogen and oxygen atoms in total. The Labute approximate surface area is 179 Å². The Morgan fingerprint density at radius 2 is 1.53 bits per heavy atom. The highest BCUT2D eigenvalue weighted by atomic mass is 16.5. The van der Waals surface area contributed by atoms with E-state index in [0.29, 0.717) is 0 Å². The first-order chi connectivity index (χ1) is 15.1. The fourth-order valence-electron chi connectivity index (χ4n) is 3.76. The minimum Gasteiger partial charge on any atom is -0.508 e. The maximum Gasteiger partial charge on any atom is 0.238 e. The molecule has 0 aliphatic carbocycles. The molecule has 8 N–H and O–H groups in total. The van der Waals surface area contributed by atoms with Crippen LogP contribution in [0.5, 0.6) is 23.0 Å². The van der Waals surface area contributed by atoms with Crippen LogP contribution in [0.1, 0.15) is 11.7 Å². The van der Waals surface area contributed by atoms with Gasteiger partial charge < -0.3 is 50.0 Å². The van der Waals surface area contributed by atoms with Gasteiger partial charge in [-0.25, -0.2) is 0 Å². The third-order valence-corrected chi connectivity index (χ3v) is 5.46. The number of rotatable bonds is 3. The molecule has 2 heterocycles. The van der Waals surface area contributed by atoms with Crippen molar-refractivity contribution >= 4 is 11.0 Å². The van der Waals surface area contributed by atoms with Crippen molar-refractivity contribution in [1.82, 2.24) is 0 Å². The molecule has 0 saturated carbocycles. The number of phenolic OH excluding ortho intramolecular Hbond substituents is 3. The molecule has 1 fully saturated rings. The molecule has 1 aliphatic heterocycles. The van der Waals surface area contributed by atoms with Crippen LogP contribution in [-0.2, 0) is 4.74 Å². The van der Waals surface area contributed by atoms with E-state index < -0.39 is 70.8 Å². The quantitative estimate of drug-likeness (QED) is 0.264. The predicted molar refractivity (Wildman–Crippen MR) is 107 cm³/mol. The third kappa shape index (κ3) is 3.32. The first kappa shape index (κ1) is 21.9. The van der Waals surface area contributed by atoms with Crippen LogP contribution in [-0.4, -0.2) is 71.9 Å². The highest BCUT2D eigenvalue weighted by molar-refractivity contribution is 5.90. The summed E-state index contributed by atoms with van der Waals surface area (Å²) in [7, 11) is 0. The predicted octanol–water partition coefficient (Wildman–Crippen LogP) is -0.203. The van der Waals surface area contributed by atoms with Crippen LogP contribution in [0.4, 0.5) is 0 Å². The maximum atomic E-state index is 12.8. The van der Waals surface area contributed by atoms with Gasteiger partial charge in [0, 0.05) is 11.6 Å². The number of hydrogen-bond acceptors (Lipinski definition) is 11. The smallest absolute Gasteiger partial charge is 0.238 e. The van der Waals surface area contributed by atoms with Gasteiger partial charge in [0.1, 0.15) is 58.7 Å². The van der Waals surface area contributed by atoms with E-state index in [-0.39, 0.29) is 22.7 Å². The van der Waals surface area contributed by atoms with Gasteiger partial charge in [-0.15, -0.1) is 0 Å². The summed E-state index contributed by atoms with van der Waals surface area (Å²) in [5.41, 5.74) is -1.63. The van der Waals surface area contributed by atoms with Crippen molar-refractivity contribution in [1.29, 1.82) is 0 Å². The lowest BCUT2D eigenvalue weighted by Gasteiger charge is -2.40. The summed E-state index contributed by atoms with van der Waals surface area (Å²) in [5, 5.41) is 80.2. The Kier molecular flexibility index (Phi) is 5.44. The molecule has 0 radical (unpaired) electrons. The molecular weight excluding hydrogens is 428 g/mol. The van der Waals surface area contributed by atoms with Gasteiger partial charge in [0.15, 0.2) is 5.76 Å². The van der Waals surface area contributed by atoms with Gasteiger partial charge in [0.2, 0.25) is 11.2 Å². The van der Waals surface area contributed by atoms with Gasteiger partial charge in [-0.05, 0) is 24.3 Å². The Balaban J connectivity index is 1.90. The Morgan fingerprint density at radius 3 is 2.16 bits per heavy atom. The lowest BCUT2D eigenvalue weighted by Crippen LogP contribution is -2.55. The number of ether oxygens (including phenoxy) is 1. The topological polar surface area (TPSA) is 201 Å². The monoisotopic (exact) mass is 448 g/mol. The molecule has 170 valence electrons. The number of aliphatic hydroxyl groups is 4. The lowest BCUT2D eigenvalue weighted by atomic mass is 9.89. The van der Waals surface area contributed by atoms with E-state index in [9.17, 15) is 45.6 Å². The zero-order valence-electron chi connectivity index (χ0n) is 16.3. The SMILES string of the molecule is O=c1c(O)c(-c2ccc(O)cc2)oc2cc(O)c(C3O[C@H](CO)[C@@H](O)[C@H](O)[C@H]3O)c(O)c12. The molecule has 32 heavy (non-hydrogen) atoms. The highest BCUT2D eigenvalue weighted by Gasteiger charge is 2.46. The summed E-state index contributed by atoms with van der Waals surface area (Å²) in [6.45, 7) is -0.741. The first-order valence-corrected chi connectivity index (χ1v) is 9.50. The van der Waals surface area contributed by atoms with Gasteiger partial charge in [0.25, 0.3) is 0 Å². The van der Waals surface area contributed by atoms with Crippen molar-refractivity contribution in [2.75, 3.05) is 6.61 Å². The Morgan fingerprint density at radius 1 is 0.875 bits per heavy atom. The number of aromatic hydroxyl groups is 4. The van der Waals surface area contributed by atoms with E-state index in [1.807, 2.05) is 0 Å². The van der Waals surface area contributed by atoms with Crippen LogP contribution < -0.4 is 5.43 Å². The molecule has 1 aromatic heterocycles. The average Bonchev–Trinajstić information content (AvgIpc) is 2.76. The van der Waals surface area contributed by atoms with Crippen molar-refractivity contribution in [3.63, 3.8) is 0 Å². The summed E-state index contributed by atoms with van der Waals surface area (Å²) >= 11 is 0. The Bertz CT molecular complexity index is 1220. The maximum absolute atomic E-state index is 12.8. The number of hydrogen-bond donors (Lipinski definition) is 8. The van der Waals surface area contributed by atoms with Gasteiger partial charge in [0.05, 0.1) is 12.2 Å².